The van der Waals surface area contributed by atoms with Crippen molar-refractivity contribution >= 4 is 22.4 Å². The van der Waals surface area contributed by atoms with Crippen LogP contribution in [0.4, 0.5) is 0 Å². The van der Waals surface area contributed by atoms with Crippen molar-refractivity contribution in [3.8, 4) is 34.4 Å². The molecular formula is C23H23N3O5S. The van der Waals surface area contributed by atoms with Crippen molar-refractivity contribution in [1.82, 2.24) is 14.6 Å². The van der Waals surface area contributed by atoms with E-state index in [9.17, 15) is 4.79 Å². The Kier molecular flexibility index (Phi) is 6.27. The Balaban J connectivity index is 1.69. The molecule has 2 heterocycles. The summed E-state index contributed by atoms with van der Waals surface area (Å²) in [4.78, 5) is 17.9. The molecule has 0 spiro atoms. The predicted molar refractivity (Wildman–Crippen MR) is 123 cm³/mol. The molecule has 2 aromatic heterocycles. The quantitative estimate of drug-likeness (QED) is 0.405. The molecule has 0 saturated heterocycles. The third kappa shape index (κ3) is 4.11. The number of thiazole rings is 1. The van der Waals surface area contributed by atoms with Gasteiger partial charge in [0.1, 0.15) is 5.75 Å². The monoisotopic (exact) mass is 453 g/mol. The average molecular weight is 454 g/mol. The molecule has 0 bridgehead atoms. The normalized spacial score (nSPS) is 11.7. The molecule has 0 unspecified atom stereocenters. The topological polar surface area (TPSA) is 84.2 Å². The molecule has 0 aliphatic rings. The summed E-state index contributed by atoms with van der Waals surface area (Å²) < 4.78 is 23.6. The molecule has 0 aliphatic heterocycles. The predicted octanol–water partition coefficient (Wildman–Crippen LogP) is 3.18. The summed E-state index contributed by atoms with van der Waals surface area (Å²) in [5.41, 5.74) is 1.34. The third-order valence-corrected chi connectivity index (χ3v) is 5.71. The van der Waals surface area contributed by atoms with E-state index >= 15 is 0 Å². The lowest BCUT2D eigenvalue weighted by Gasteiger charge is -2.12. The molecule has 0 N–H and O–H groups in total. The molecule has 0 atom stereocenters. The van der Waals surface area contributed by atoms with Crippen LogP contribution in [0.1, 0.15) is 18.9 Å². The minimum absolute atomic E-state index is 0.220. The molecular weight excluding hydrogens is 430 g/mol. The van der Waals surface area contributed by atoms with Crippen LogP contribution in [-0.2, 0) is 0 Å². The molecule has 4 aromatic rings. The van der Waals surface area contributed by atoms with Crippen LogP contribution >= 0.6 is 11.3 Å². The van der Waals surface area contributed by atoms with Crippen LogP contribution in [-0.4, -0.2) is 42.5 Å². The van der Waals surface area contributed by atoms with Gasteiger partial charge in [-0.2, -0.15) is 9.50 Å². The molecule has 2 aromatic carbocycles. The Morgan fingerprint density at radius 2 is 1.72 bits per heavy atom. The zero-order valence-corrected chi connectivity index (χ0v) is 19.1. The lowest BCUT2D eigenvalue weighted by atomic mass is 10.1. The highest BCUT2D eigenvalue weighted by atomic mass is 32.1. The van der Waals surface area contributed by atoms with Crippen LogP contribution in [0.2, 0.25) is 0 Å². The first kappa shape index (κ1) is 21.6. The largest absolute Gasteiger partial charge is 0.494 e. The number of hydrogen-bond donors (Lipinski definition) is 0. The van der Waals surface area contributed by atoms with Crippen molar-refractivity contribution in [3.63, 3.8) is 0 Å². The van der Waals surface area contributed by atoms with E-state index < -0.39 is 0 Å². The maximum Gasteiger partial charge on any atom is 0.291 e. The molecule has 4 rings (SSSR count). The summed E-state index contributed by atoms with van der Waals surface area (Å²) >= 11 is 1.28. The summed E-state index contributed by atoms with van der Waals surface area (Å²) in [6.07, 6.45) is 2.78. The zero-order valence-electron chi connectivity index (χ0n) is 18.2. The summed E-state index contributed by atoms with van der Waals surface area (Å²) in [6, 6.07) is 11.1. The van der Waals surface area contributed by atoms with E-state index in [4.69, 9.17) is 18.9 Å². The highest BCUT2D eigenvalue weighted by molar-refractivity contribution is 7.15. The van der Waals surface area contributed by atoms with Gasteiger partial charge in [0.25, 0.3) is 5.56 Å². The number of fused-ring (bicyclic) bond motifs is 1. The number of aromatic nitrogens is 3. The number of nitrogens with zero attached hydrogens (tertiary/aromatic N) is 3. The van der Waals surface area contributed by atoms with E-state index in [0.717, 1.165) is 17.7 Å². The van der Waals surface area contributed by atoms with Crippen LogP contribution < -0.4 is 29.0 Å². The fourth-order valence-corrected chi connectivity index (χ4v) is 4.11. The summed E-state index contributed by atoms with van der Waals surface area (Å²) in [5.74, 6) is 2.67. The smallest absolute Gasteiger partial charge is 0.291 e. The van der Waals surface area contributed by atoms with Crippen LogP contribution in [0.15, 0.2) is 41.2 Å². The highest BCUT2D eigenvalue weighted by Gasteiger charge is 2.18. The zero-order chi connectivity index (χ0) is 22.7. The fraction of sp³-hybridized carbons (Fsp3) is 0.261. The maximum absolute atomic E-state index is 12.9. The summed E-state index contributed by atoms with van der Waals surface area (Å²) in [7, 11) is 4.62. The van der Waals surface area contributed by atoms with Crippen LogP contribution in [0.5, 0.6) is 23.0 Å². The first-order valence-corrected chi connectivity index (χ1v) is 10.8. The van der Waals surface area contributed by atoms with E-state index in [0.29, 0.717) is 44.7 Å². The van der Waals surface area contributed by atoms with Crippen molar-refractivity contribution < 1.29 is 18.9 Å². The number of rotatable bonds is 8. The molecule has 0 amide bonds. The maximum atomic E-state index is 12.9. The number of methoxy groups -OCH3 is 3. The van der Waals surface area contributed by atoms with Crippen molar-refractivity contribution in [2.24, 2.45) is 0 Å². The van der Waals surface area contributed by atoms with Crippen molar-refractivity contribution in [2.75, 3.05) is 27.9 Å². The van der Waals surface area contributed by atoms with E-state index in [-0.39, 0.29) is 5.56 Å². The highest BCUT2D eigenvalue weighted by Crippen LogP contribution is 2.40. The van der Waals surface area contributed by atoms with Crippen molar-refractivity contribution in [3.05, 3.63) is 56.8 Å². The summed E-state index contributed by atoms with van der Waals surface area (Å²) in [5, 5.41) is 4.41. The van der Waals surface area contributed by atoms with E-state index in [1.54, 1.807) is 33.5 Å². The minimum Gasteiger partial charge on any atom is -0.494 e. The lowest BCUT2D eigenvalue weighted by Crippen LogP contribution is -2.23. The van der Waals surface area contributed by atoms with Gasteiger partial charge in [-0.1, -0.05) is 30.4 Å². The number of ether oxygens (including phenoxy) is 4. The second kappa shape index (κ2) is 9.27. The second-order valence-corrected chi connectivity index (χ2v) is 7.89. The van der Waals surface area contributed by atoms with Gasteiger partial charge in [0.15, 0.2) is 17.3 Å². The molecule has 0 aliphatic carbocycles. The first-order chi connectivity index (χ1) is 15.6. The van der Waals surface area contributed by atoms with Gasteiger partial charge in [-0.25, -0.2) is 0 Å². The third-order valence-electron chi connectivity index (χ3n) is 4.76. The van der Waals surface area contributed by atoms with Gasteiger partial charge in [-0.15, -0.1) is 5.10 Å². The molecule has 9 heteroatoms. The average Bonchev–Trinajstić information content (AvgIpc) is 3.36. The van der Waals surface area contributed by atoms with Gasteiger partial charge >= 0.3 is 0 Å². The van der Waals surface area contributed by atoms with Crippen molar-refractivity contribution in [2.45, 2.75) is 13.3 Å². The van der Waals surface area contributed by atoms with Gasteiger partial charge in [-0.05, 0) is 42.3 Å². The second-order valence-electron chi connectivity index (χ2n) is 6.88. The first-order valence-electron chi connectivity index (χ1n) is 10.0. The Morgan fingerprint density at radius 1 is 1.03 bits per heavy atom. The van der Waals surface area contributed by atoms with Crippen LogP contribution in [0.25, 0.3) is 22.4 Å². The molecule has 0 radical (unpaired) electrons. The van der Waals surface area contributed by atoms with Gasteiger partial charge < -0.3 is 18.9 Å². The van der Waals surface area contributed by atoms with Gasteiger partial charge in [0.05, 0.1) is 32.5 Å². The van der Waals surface area contributed by atoms with Crippen LogP contribution in [0.3, 0.4) is 0 Å². The Labute approximate surface area is 188 Å². The fourth-order valence-electron chi connectivity index (χ4n) is 3.20. The lowest BCUT2D eigenvalue weighted by molar-refractivity contribution is 0.317. The van der Waals surface area contributed by atoms with Gasteiger partial charge in [0.2, 0.25) is 10.7 Å². The molecule has 0 fully saturated rings. The summed E-state index contributed by atoms with van der Waals surface area (Å²) in [6.45, 7) is 2.74. The number of hydrogen-bond acceptors (Lipinski definition) is 8. The van der Waals surface area contributed by atoms with Gasteiger partial charge in [-0.3, -0.25) is 4.79 Å². The standard InChI is InChI=1S/C23H23N3O5S/c1-5-10-31-16-8-6-14(7-9-16)11-19-22(27)26-23(32-19)24-21(25-26)15-12-17(28-2)20(30-4)18(13-15)29-3/h6-9,11-13H,5,10H2,1-4H3/b19-11+. The van der Waals surface area contributed by atoms with Gasteiger partial charge in [0, 0.05) is 5.56 Å². The van der Waals surface area contributed by atoms with Crippen molar-refractivity contribution in [1.29, 1.82) is 0 Å². The molecule has 32 heavy (non-hydrogen) atoms. The Bertz CT molecular complexity index is 1320. The molecule has 0 saturated carbocycles. The van der Waals surface area contributed by atoms with E-state index in [2.05, 4.69) is 17.0 Å². The SMILES string of the molecule is CCCOc1ccc(/C=c2/sc3nc(-c4cc(OC)c(OC)c(OC)c4)nn3c2=O)cc1. The minimum atomic E-state index is -0.220. The Morgan fingerprint density at radius 3 is 2.28 bits per heavy atom. The van der Waals surface area contributed by atoms with E-state index in [1.807, 2.05) is 30.3 Å². The molecule has 8 nitrogen and oxygen atoms in total. The molecule has 166 valence electrons. The van der Waals surface area contributed by atoms with Crippen LogP contribution in [0, 0.1) is 0 Å². The number of benzene rings is 2. The van der Waals surface area contributed by atoms with E-state index in [1.165, 1.54) is 15.9 Å². The Hall–Kier alpha value is -3.59.